The van der Waals surface area contributed by atoms with Gasteiger partial charge in [0, 0.05) is 13.1 Å². The molecule has 7 heteroatoms. The van der Waals surface area contributed by atoms with Gasteiger partial charge in [-0.25, -0.2) is 0 Å². The van der Waals surface area contributed by atoms with Crippen LogP contribution in [-0.4, -0.2) is 37.0 Å². The summed E-state index contributed by atoms with van der Waals surface area (Å²) in [6, 6.07) is 23.0. The molecular formula is C32H35ClN2O4. The number of carbonyl (C=O) groups is 2. The van der Waals surface area contributed by atoms with Gasteiger partial charge in [0.15, 0.2) is 6.61 Å². The summed E-state index contributed by atoms with van der Waals surface area (Å²) >= 11 is 6.25. The molecular weight excluding hydrogens is 512 g/mol. The highest BCUT2D eigenvalue weighted by Crippen LogP contribution is 2.27. The maximum Gasteiger partial charge on any atom is 0.261 e. The minimum absolute atomic E-state index is 0.215. The van der Waals surface area contributed by atoms with Crippen molar-refractivity contribution in [2.24, 2.45) is 0 Å². The third-order valence-electron chi connectivity index (χ3n) is 6.83. The minimum atomic E-state index is -0.837. The van der Waals surface area contributed by atoms with Gasteiger partial charge in [-0.2, -0.15) is 0 Å². The SMILES string of the molecule is COc1ccc(CN(C(=O)COc2ccccc2Cl)[C@@H](C(=O)NCCC2=CCCCC2)c2ccccc2)cc1. The quantitative estimate of drug-likeness (QED) is 0.263. The van der Waals surface area contributed by atoms with Crippen LogP contribution in [0, 0.1) is 0 Å². The van der Waals surface area contributed by atoms with E-state index in [1.807, 2.05) is 54.6 Å². The van der Waals surface area contributed by atoms with E-state index in [0.717, 1.165) is 30.4 Å². The zero-order valence-electron chi connectivity index (χ0n) is 22.3. The van der Waals surface area contributed by atoms with Crippen LogP contribution in [0.1, 0.15) is 49.3 Å². The zero-order valence-corrected chi connectivity index (χ0v) is 23.0. The molecule has 1 aliphatic carbocycles. The number of amides is 2. The second-order valence-electron chi connectivity index (χ2n) is 9.55. The van der Waals surface area contributed by atoms with Crippen LogP contribution < -0.4 is 14.8 Å². The predicted octanol–water partition coefficient (Wildman–Crippen LogP) is 6.50. The fraction of sp³-hybridized carbons (Fsp3) is 0.312. The Kier molecular flexibility index (Phi) is 10.4. The highest BCUT2D eigenvalue weighted by Gasteiger charge is 2.32. The number of hydrogen-bond acceptors (Lipinski definition) is 4. The van der Waals surface area contributed by atoms with Crippen LogP contribution in [0.5, 0.6) is 11.5 Å². The molecule has 2 amide bonds. The van der Waals surface area contributed by atoms with E-state index in [2.05, 4.69) is 11.4 Å². The topological polar surface area (TPSA) is 67.9 Å². The number of halogens is 1. The fourth-order valence-corrected chi connectivity index (χ4v) is 4.91. The van der Waals surface area contributed by atoms with Crippen molar-refractivity contribution in [1.82, 2.24) is 10.2 Å². The van der Waals surface area contributed by atoms with Gasteiger partial charge in [-0.1, -0.05) is 77.8 Å². The second kappa shape index (κ2) is 14.4. The normalized spacial score (nSPS) is 13.6. The van der Waals surface area contributed by atoms with Crippen LogP contribution in [0.3, 0.4) is 0 Å². The zero-order chi connectivity index (χ0) is 27.5. The molecule has 0 spiro atoms. The van der Waals surface area contributed by atoms with Crippen molar-refractivity contribution in [2.75, 3.05) is 20.3 Å². The van der Waals surface area contributed by atoms with Crippen LogP contribution in [0.4, 0.5) is 0 Å². The van der Waals surface area contributed by atoms with Gasteiger partial charge < -0.3 is 19.7 Å². The van der Waals surface area contributed by atoms with Crippen molar-refractivity contribution < 1.29 is 19.1 Å². The number of benzene rings is 3. The van der Waals surface area contributed by atoms with Crippen LogP contribution in [0.2, 0.25) is 5.02 Å². The number of nitrogens with zero attached hydrogens (tertiary/aromatic N) is 1. The molecule has 0 aliphatic heterocycles. The lowest BCUT2D eigenvalue weighted by Gasteiger charge is -2.31. The maximum atomic E-state index is 13.7. The van der Waals surface area contributed by atoms with Crippen LogP contribution in [0.25, 0.3) is 0 Å². The van der Waals surface area contributed by atoms with Gasteiger partial charge in [0.1, 0.15) is 17.5 Å². The molecule has 0 radical (unpaired) electrons. The summed E-state index contributed by atoms with van der Waals surface area (Å²) < 4.78 is 11.1. The van der Waals surface area contributed by atoms with Crippen molar-refractivity contribution in [3.8, 4) is 11.5 Å². The number of ether oxygens (including phenoxy) is 2. The molecule has 6 nitrogen and oxygen atoms in total. The molecule has 3 aromatic carbocycles. The smallest absolute Gasteiger partial charge is 0.261 e. The van der Waals surface area contributed by atoms with Crippen molar-refractivity contribution in [3.05, 3.63) is 107 Å². The summed E-state index contributed by atoms with van der Waals surface area (Å²) in [6.07, 6.45) is 7.71. The Labute approximate surface area is 235 Å². The van der Waals surface area contributed by atoms with E-state index < -0.39 is 6.04 Å². The molecule has 1 atom stereocenters. The van der Waals surface area contributed by atoms with Crippen molar-refractivity contribution in [1.29, 1.82) is 0 Å². The molecule has 1 aliphatic rings. The standard InChI is InChI=1S/C32H35ClN2O4/c1-38-27-18-16-25(17-19-27)22-35(30(36)23-39-29-15-9-8-14-28(29)33)31(26-12-6-3-7-13-26)32(37)34-21-20-24-10-4-2-5-11-24/h3,6-10,12-19,31H,2,4-5,11,20-23H2,1H3,(H,34,37)/t31-/m1/s1. The third-order valence-corrected chi connectivity index (χ3v) is 7.14. The Bertz CT molecular complexity index is 1260. The van der Waals surface area contributed by atoms with E-state index in [9.17, 15) is 9.59 Å². The van der Waals surface area contributed by atoms with Crippen molar-refractivity contribution >= 4 is 23.4 Å². The summed E-state index contributed by atoms with van der Waals surface area (Å²) in [4.78, 5) is 29.1. The largest absolute Gasteiger partial charge is 0.497 e. The lowest BCUT2D eigenvalue weighted by Crippen LogP contribution is -2.45. The molecule has 0 bridgehead atoms. The summed E-state index contributed by atoms with van der Waals surface area (Å²) in [5.41, 5.74) is 2.98. The summed E-state index contributed by atoms with van der Waals surface area (Å²) in [5, 5.41) is 3.51. The number of hydrogen-bond donors (Lipinski definition) is 1. The molecule has 0 unspecified atom stereocenters. The van der Waals surface area contributed by atoms with Gasteiger partial charge >= 0.3 is 0 Å². The monoisotopic (exact) mass is 546 g/mol. The summed E-state index contributed by atoms with van der Waals surface area (Å²) in [7, 11) is 1.61. The lowest BCUT2D eigenvalue weighted by atomic mass is 9.97. The molecule has 1 N–H and O–H groups in total. The number of carbonyl (C=O) groups excluding carboxylic acids is 2. The van der Waals surface area contributed by atoms with E-state index in [4.69, 9.17) is 21.1 Å². The Hall–Kier alpha value is -3.77. The number of rotatable bonds is 12. The number of nitrogens with one attached hydrogen (secondary N) is 1. The average Bonchev–Trinajstić information content (AvgIpc) is 2.98. The fourth-order valence-electron chi connectivity index (χ4n) is 4.72. The Morgan fingerprint density at radius 2 is 1.72 bits per heavy atom. The minimum Gasteiger partial charge on any atom is -0.497 e. The van der Waals surface area contributed by atoms with Crippen molar-refractivity contribution in [3.63, 3.8) is 0 Å². The second-order valence-corrected chi connectivity index (χ2v) is 9.96. The first kappa shape index (κ1) is 28.2. The van der Waals surface area contributed by atoms with E-state index in [1.165, 1.54) is 18.4 Å². The van der Waals surface area contributed by atoms with E-state index in [0.29, 0.717) is 23.1 Å². The molecule has 0 fully saturated rings. The molecule has 0 heterocycles. The number of para-hydroxylation sites is 1. The average molecular weight is 547 g/mol. The molecule has 0 saturated carbocycles. The Morgan fingerprint density at radius 1 is 0.974 bits per heavy atom. The first-order valence-corrected chi connectivity index (χ1v) is 13.7. The van der Waals surface area contributed by atoms with E-state index >= 15 is 0 Å². The Balaban J connectivity index is 1.58. The first-order chi connectivity index (χ1) is 19.0. The van der Waals surface area contributed by atoms with Crippen LogP contribution >= 0.6 is 11.6 Å². The number of methoxy groups -OCH3 is 1. The maximum absolute atomic E-state index is 13.7. The van der Waals surface area contributed by atoms with Crippen molar-refractivity contribution in [2.45, 2.75) is 44.7 Å². The van der Waals surface area contributed by atoms with Gasteiger partial charge in [-0.3, -0.25) is 9.59 Å². The van der Waals surface area contributed by atoms with Gasteiger partial charge in [0.25, 0.3) is 5.91 Å². The molecule has 0 saturated heterocycles. The third kappa shape index (κ3) is 8.11. The molecule has 204 valence electrons. The highest BCUT2D eigenvalue weighted by molar-refractivity contribution is 6.32. The number of allylic oxidation sites excluding steroid dienone is 1. The van der Waals surface area contributed by atoms with Crippen LogP contribution in [-0.2, 0) is 16.1 Å². The molecule has 0 aromatic heterocycles. The van der Waals surface area contributed by atoms with Gasteiger partial charge in [0.05, 0.1) is 12.1 Å². The molecule has 39 heavy (non-hydrogen) atoms. The summed E-state index contributed by atoms with van der Waals surface area (Å²) in [5.74, 6) is 0.577. The van der Waals surface area contributed by atoms with E-state index in [1.54, 1.807) is 36.3 Å². The van der Waals surface area contributed by atoms with Gasteiger partial charge in [0.2, 0.25) is 5.91 Å². The molecule has 4 rings (SSSR count). The van der Waals surface area contributed by atoms with Gasteiger partial charge in [-0.05, 0) is 67.5 Å². The summed E-state index contributed by atoms with van der Waals surface area (Å²) in [6.45, 7) is 0.477. The van der Waals surface area contributed by atoms with Crippen LogP contribution in [0.15, 0.2) is 90.5 Å². The highest BCUT2D eigenvalue weighted by atomic mass is 35.5. The van der Waals surface area contributed by atoms with E-state index in [-0.39, 0.29) is 25.0 Å². The predicted molar refractivity (Wildman–Crippen MR) is 154 cm³/mol. The molecule has 3 aromatic rings. The lowest BCUT2D eigenvalue weighted by molar-refractivity contribution is -0.143. The van der Waals surface area contributed by atoms with Gasteiger partial charge in [-0.15, -0.1) is 0 Å². The Morgan fingerprint density at radius 3 is 2.41 bits per heavy atom. The first-order valence-electron chi connectivity index (χ1n) is 13.4.